The summed E-state index contributed by atoms with van der Waals surface area (Å²) in [4.78, 5) is 2.57. The maximum atomic E-state index is 2.57. The molecule has 1 spiro atoms. The molecule has 2 bridgehead atoms. The molecule has 0 aliphatic heterocycles. The first-order chi connectivity index (χ1) is 25.3. The molecule has 51 heavy (non-hydrogen) atoms. The molecule has 0 N–H and O–H groups in total. The van der Waals surface area contributed by atoms with Gasteiger partial charge in [-0.25, -0.2) is 0 Å². The van der Waals surface area contributed by atoms with Crippen molar-refractivity contribution in [2.24, 2.45) is 11.8 Å². The molecule has 1 heterocycles. The van der Waals surface area contributed by atoms with Crippen molar-refractivity contribution in [3.8, 4) is 27.9 Å². The van der Waals surface area contributed by atoms with Crippen LogP contribution in [0, 0.1) is 11.8 Å². The molecule has 2 heteroatoms. The lowest BCUT2D eigenvalue weighted by Crippen LogP contribution is -2.31. The molecular weight excluding hydrogens is 617 g/mol. The van der Waals surface area contributed by atoms with Crippen LogP contribution in [0.3, 0.4) is 0 Å². The monoisotopic (exact) mass is 654 g/mol. The highest BCUT2D eigenvalue weighted by atomic mass is 15.2. The van der Waals surface area contributed by atoms with Gasteiger partial charge in [-0.2, -0.15) is 0 Å². The van der Waals surface area contributed by atoms with Crippen molar-refractivity contribution >= 4 is 38.9 Å². The van der Waals surface area contributed by atoms with Crippen LogP contribution in [0.4, 0.5) is 17.1 Å². The van der Waals surface area contributed by atoms with Gasteiger partial charge in [-0.3, -0.25) is 0 Å². The quantitative estimate of drug-likeness (QED) is 0.179. The van der Waals surface area contributed by atoms with E-state index in [1.807, 2.05) is 0 Å². The number of para-hydroxylation sites is 3. The molecule has 11 rings (SSSR count). The van der Waals surface area contributed by atoms with E-state index in [-0.39, 0.29) is 5.41 Å². The molecule has 2 nitrogen and oxygen atoms in total. The molecule has 0 amide bonds. The zero-order valence-corrected chi connectivity index (χ0v) is 28.5. The zero-order chi connectivity index (χ0) is 33.5. The smallest absolute Gasteiger partial charge is 0.0561 e. The van der Waals surface area contributed by atoms with Gasteiger partial charge in [0.1, 0.15) is 0 Å². The molecule has 244 valence electrons. The molecule has 7 aromatic carbocycles. The maximum absolute atomic E-state index is 2.57. The van der Waals surface area contributed by atoms with Crippen molar-refractivity contribution in [2.45, 2.75) is 31.1 Å². The summed E-state index contributed by atoms with van der Waals surface area (Å²) in [5.41, 5.74) is 15.7. The number of aromatic nitrogens is 1. The number of anilines is 3. The summed E-state index contributed by atoms with van der Waals surface area (Å²) in [5.74, 6) is 1.54. The van der Waals surface area contributed by atoms with Crippen molar-refractivity contribution in [2.75, 3.05) is 4.90 Å². The second-order valence-corrected chi connectivity index (χ2v) is 14.9. The van der Waals surface area contributed by atoms with Gasteiger partial charge in [0.25, 0.3) is 0 Å². The summed E-state index contributed by atoms with van der Waals surface area (Å²) >= 11 is 0. The van der Waals surface area contributed by atoms with Crippen molar-refractivity contribution in [3.05, 3.63) is 181 Å². The molecular formula is C49H38N2. The average Bonchev–Trinajstić information content (AvgIpc) is 3.96. The molecule has 1 aromatic heterocycles. The standard InChI is InChI=1S/C49H38N2/c1-3-14-34(15-4-1)38-18-8-11-23-44(38)51(37-28-29-40-39-19-9-12-24-45(39)50(47(40)31-37)36-16-5-2-6-17-36)46-25-13-22-43-48(46)41-20-7-10-21-42(41)49(43)32-33-26-27-35(49)30-33/h1-25,28-29,31,33,35H,26-27,30,32H2. The number of benzene rings is 7. The Hall–Kier alpha value is -5.86. The fraction of sp³-hybridized carbons (Fsp3) is 0.143. The van der Waals surface area contributed by atoms with Crippen LogP contribution in [0.1, 0.15) is 36.8 Å². The fourth-order valence-electron chi connectivity index (χ4n) is 10.5. The Morgan fingerprint density at radius 3 is 2.04 bits per heavy atom. The summed E-state index contributed by atoms with van der Waals surface area (Å²) in [6.07, 6.45) is 5.35. The average molecular weight is 655 g/mol. The predicted molar refractivity (Wildman–Crippen MR) is 213 cm³/mol. The number of nitrogens with zero attached hydrogens (tertiary/aromatic N) is 2. The Kier molecular flexibility index (Phi) is 6.28. The van der Waals surface area contributed by atoms with Gasteiger partial charge in [0, 0.05) is 38.7 Å². The molecule has 3 atom stereocenters. The minimum Gasteiger partial charge on any atom is -0.309 e. The van der Waals surface area contributed by atoms with Gasteiger partial charge in [-0.1, -0.05) is 134 Å². The molecule has 3 aliphatic rings. The van der Waals surface area contributed by atoms with Gasteiger partial charge in [-0.05, 0) is 95.8 Å². The van der Waals surface area contributed by atoms with Gasteiger partial charge in [-0.15, -0.1) is 0 Å². The van der Waals surface area contributed by atoms with Gasteiger partial charge in [0.15, 0.2) is 0 Å². The number of rotatable bonds is 5. The predicted octanol–water partition coefficient (Wildman–Crippen LogP) is 13.0. The zero-order valence-electron chi connectivity index (χ0n) is 28.5. The second kappa shape index (κ2) is 11.1. The van der Waals surface area contributed by atoms with Crippen LogP contribution in [0.15, 0.2) is 170 Å². The highest BCUT2D eigenvalue weighted by Gasteiger charge is 2.57. The SMILES string of the molecule is c1ccc(-c2ccccc2N(c2ccc3c4ccccc4n(-c4ccccc4)c3c2)c2cccc3c2-c2ccccc2C32CC3CCC2C3)cc1. The summed E-state index contributed by atoms with van der Waals surface area (Å²) < 4.78 is 2.43. The largest absolute Gasteiger partial charge is 0.309 e. The van der Waals surface area contributed by atoms with Crippen LogP contribution >= 0.6 is 0 Å². The van der Waals surface area contributed by atoms with Crippen LogP contribution in [-0.2, 0) is 5.41 Å². The molecule has 2 saturated carbocycles. The highest BCUT2D eigenvalue weighted by molar-refractivity contribution is 6.11. The van der Waals surface area contributed by atoms with E-state index < -0.39 is 0 Å². The van der Waals surface area contributed by atoms with Crippen LogP contribution in [0.25, 0.3) is 49.7 Å². The molecule has 3 aliphatic carbocycles. The first kappa shape index (κ1) is 28.9. The molecule has 0 saturated heterocycles. The lowest BCUT2D eigenvalue weighted by atomic mass is 9.67. The van der Waals surface area contributed by atoms with Crippen LogP contribution in [-0.4, -0.2) is 4.57 Å². The Bertz CT molecular complexity index is 2620. The Morgan fingerprint density at radius 1 is 0.529 bits per heavy atom. The third-order valence-corrected chi connectivity index (χ3v) is 12.4. The van der Waals surface area contributed by atoms with E-state index in [1.165, 1.54) is 92.4 Å². The summed E-state index contributed by atoms with van der Waals surface area (Å²) in [6.45, 7) is 0. The van der Waals surface area contributed by atoms with E-state index in [0.29, 0.717) is 5.92 Å². The number of fused-ring (bicyclic) bond motifs is 11. The minimum absolute atomic E-state index is 0.110. The van der Waals surface area contributed by atoms with Crippen molar-refractivity contribution in [3.63, 3.8) is 0 Å². The summed E-state index contributed by atoms with van der Waals surface area (Å²) in [7, 11) is 0. The third-order valence-electron chi connectivity index (χ3n) is 12.4. The highest BCUT2D eigenvalue weighted by Crippen LogP contribution is 2.67. The first-order valence-corrected chi connectivity index (χ1v) is 18.6. The van der Waals surface area contributed by atoms with Crippen molar-refractivity contribution in [1.82, 2.24) is 4.57 Å². The normalized spacial score (nSPS) is 19.9. The summed E-state index contributed by atoms with van der Waals surface area (Å²) in [6, 6.07) is 63.2. The third kappa shape index (κ3) is 4.11. The fourth-order valence-corrected chi connectivity index (χ4v) is 10.5. The van der Waals surface area contributed by atoms with Gasteiger partial charge in [0.2, 0.25) is 0 Å². The second-order valence-electron chi connectivity index (χ2n) is 14.9. The summed E-state index contributed by atoms with van der Waals surface area (Å²) in [5, 5.41) is 2.53. The van der Waals surface area contributed by atoms with E-state index >= 15 is 0 Å². The lowest BCUT2D eigenvalue weighted by molar-refractivity contribution is 0.327. The topological polar surface area (TPSA) is 8.17 Å². The maximum Gasteiger partial charge on any atom is 0.0561 e. The Balaban J connectivity index is 1.22. The minimum atomic E-state index is 0.110. The molecule has 3 unspecified atom stereocenters. The van der Waals surface area contributed by atoms with E-state index in [1.54, 1.807) is 5.56 Å². The Labute approximate surface area is 299 Å². The van der Waals surface area contributed by atoms with Crippen LogP contribution in [0.5, 0.6) is 0 Å². The van der Waals surface area contributed by atoms with E-state index in [2.05, 4.69) is 179 Å². The Morgan fingerprint density at radius 2 is 1.22 bits per heavy atom. The van der Waals surface area contributed by atoms with E-state index in [4.69, 9.17) is 0 Å². The van der Waals surface area contributed by atoms with Crippen LogP contribution < -0.4 is 4.90 Å². The number of hydrogen-bond donors (Lipinski definition) is 0. The molecule has 0 radical (unpaired) electrons. The van der Waals surface area contributed by atoms with Crippen molar-refractivity contribution < 1.29 is 0 Å². The lowest BCUT2D eigenvalue weighted by Gasteiger charge is -2.37. The molecule has 2 fully saturated rings. The van der Waals surface area contributed by atoms with Gasteiger partial charge >= 0.3 is 0 Å². The first-order valence-electron chi connectivity index (χ1n) is 18.6. The van der Waals surface area contributed by atoms with Crippen molar-refractivity contribution in [1.29, 1.82) is 0 Å². The molecule has 8 aromatic rings. The van der Waals surface area contributed by atoms with Gasteiger partial charge < -0.3 is 9.47 Å². The number of hydrogen-bond acceptors (Lipinski definition) is 1. The van der Waals surface area contributed by atoms with E-state index in [0.717, 1.165) is 11.6 Å². The van der Waals surface area contributed by atoms with E-state index in [9.17, 15) is 0 Å². The van der Waals surface area contributed by atoms with Crippen LogP contribution in [0.2, 0.25) is 0 Å². The van der Waals surface area contributed by atoms with Gasteiger partial charge in [0.05, 0.1) is 22.4 Å².